The predicted molar refractivity (Wildman–Crippen MR) is 89.1 cm³/mol. The van der Waals surface area contributed by atoms with Gasteiger partial charge in [0.15, 0.2) is 0 Å². The Hall–Kier alpha value is -1.16. The molecule has 0 aliphatic carbocycles. The molecule has 0 aliphatic heterocycles. The monoisotopic (exact) mass is 364 g/mol. The summed E-state index contributed by atoms with van der Waals surface area (Å²) in [5.74, 6) is 0.0386. The van der Waals surface area contributed by atoms with Gasteiger partial charge in [0.25, 0.3) is 0 Å². The first-order chi connectivity index (χ1) is 9.58. The van der Waals surface area contributed by atoms with Crippen molar-refractivity contribution in [3.05, 3.63) is 67.3 Å². The molecule has 1 heterocycles. The topological polar surface area (TPSA) is 17.1 Å². The Morgan fingerprint density at radius 1 is 1.15 bits per heavy atom. The van der Waals surface area contributed by atoms with Gasteiger partial charge in [0.1, 0.15) is 0 Å². The predicted octanol–water partition coefficient (Wildman–Crippen LogP) is 5.86. The third-order valence-electron chi connectivity index (χ3n) is 3.20. The Labute approximate surface area is 134 Å². The van der Waals surface area contributed by atoms with Crippen LogP contribution in [-0.4, -0.2) is 5.78 Å². The lowest BCUT2D eigenvalue weighted by Gasteiger charge is -2.06. The van der Waals surface area contributed by atoms with Crippen molar-refractivity contribution >= 4 is 55.4 Å². The minimum atomic E-state index is 0.0386. The summed E-state index contributed by atoms with van der Waals surface area (Å²) in [6, 6.07) is 13.2. The molecule has 0 N–H and O–H groups in total. The molecular formula is C16H10BrClOS. The van der Waals surface area contributed by atoms with Gasteiger partial charge in [-0.3, -0.25) is 4.79 Å². The van der Waals surface area contributed by atoms with Gasteiger partial charge < -0.3 is 0 Å². The fourth-order valence-electron chi connectivity index (χ4n) is 2.16. The first-order valence-corrected chi connectivity index (χ1v) is 8.04. The maximum Gasteiger partial charge on any atom is 0.203 e. The van der Waals surface area contributed by atoms with Crippen molar-refractivity contribution < 1.29 is 4.79 Å². The third kappa shape index (κ3) is 2.30. The Kier molecular flexibility index (Phi) is 3.67. The number of carbonyl (C=O) groups is 1. The summed E-state index contributed by atoms with van der Waals surface area (Å²) in [7, 11) is 0. The van der Waals surface area contributed by atoms with Crippen LogP contribution in [0.1, 0.15) is 20.8 Å². The SMILES string of the molecule is Cc1cc(C(=O)c2ccc(Cl)c3ccccc23)sc1Br. The molecule has 0 atom stereocenters. The zero-order valence-corrected chi connectivity index (χ0v) is 13.8. The van der Waals surface area contributed by atoms with E-state index in [9.17, 15) is 4.79 Å². The van der Waals surface area contributed by atoms with Crippen LogP contribution in [-0.2, 0) is 0 Å². The summed E-state index contributed by atoms with van der Waals surface area (Å²) in [5, 5.41) is 2.47. The molecular weight excluding hydrogens is 356 g/mol. The van der Waals surface area contributed by atoms with Crippen LogP contribution in [0.15, 0.2) is 46.3 Å². The average molecular weight is 366 g/mol. The Morgan fingerprint density at radius 3 is 2.50 bits per heavy atom. The first kappa shape index (κ1) is 13.8. The molecule has 0 saturated carbocycles. The van der Waals surface area contributed by atoms with Gasteiger partial charge in [0.05, 0.1) is 8.66 Å². The van der Waals surface area contributed by atoms with Crippen molar-refractivity contribution in [2.75, 3.05) is 0 Å². The van der Waals surface area contributed by atoms with Crippen molar-refractivity contribution in [3.8, 4) is 0 Å². The number of hydrogen-bond acceptors (Lipinski definition) is 2. The number of halogens is 2. The highest BCUT2D eigenvalue weighted by Gasteiger charge is 2.16. The maximum absolute atomic E-state index is 12.7. The number of aryl methyl sites for hydroxylation is 1. The van der Waals surface area contributed by atoms with Crippen LogP contribution in [0.5, 0.6) is 0 Å². The molecule has 0 aliphatic rings. The number of hydrogen-bond donors (Lipinski definition) is 0. The number of carbonyl (C=O) groups excluding carboxylic acids is 1. The van der Waals surface area contributed by atoms with E-state index in [0.29, 0.717) is 10.6 Å². The lowest BCUT2D eigenvalue weighted by molar-refractivity contribution is 0.104. The molecule has 2 aromatic carbocycles. The van der Waals surface area contributed by atoms with E-state index in [1.165, 1.54) is 11.3 Å². The van der Waals surface area contributed by atoms with Crippen LogP contribution in [0.4, 0.5) is 0 Å². The highest BCUT2D eigenvalue weighted by Crippen LogP contribution is 2.32. The van der Waals surface area contributed by atoms with Gasteiger partial charge in [-0.25, -0.2) is 0 Å². The van der Waals surface area contributed by atoms with Crippen LogP contribution >= 0.6 is 38.9 Å². The van der Waals surface area contributed by atoms with Gasteiger partial charge in [0, 0.05) is 16.0 Å². The second-order valence-corrected chi connectivity index (χ2v) is 7.31. The molecule has 100 valence electrons. The van der Waals surface area contributed by atoms with Crippen molar-refractivity contribution in [3.63, 3.8) is 0 Å². The molecule has 0 fully saturated rings. The molecule has 20 heavy (non-hydrogen) atoms. The number of ketones is 1. The third-order valence-corrected chi connectivity index (χ3v) is 5.66. The van der Waals surface area contributed by atoms with E-state index in [1.54, 1.807) is 12.1 Å². The van der Waals surface area contributed by atoms with Crippen LogP contribution in [0, 0.1) is 6.92 Å². The van der Waals surface area contributed by atoms with Crippen LogP contribution in [0.25, 0.3) is 10.8 Å². The lowest BCUT2D eigenvalue weighted by atomic mass is 10.0. The molecule has 0 saturated heterocycles. The van der Waals surface area contributed by atoms with E-state index in [0.717, 1.165) is 25.0 Å². The van der Waals surface area contributed by atoms with Gasteiger partial charge in [-0.2, -0.15) is 0 Å². The summed E-state index contributed by atoms with van der Waals surface area (Å²) >= 11 is 11.1. The quantitative estimate of drug-likeness (QED) is 0.520. The zero-order valence-electron chi connectivity index (χ0n) is 10.6. The second-order valence-electron chi connectivity index (χ2n) is 4.54. The molecule has 1 nitrogen and oxygen atoms in total. The van der Waals surface area contributed by atoms with Gasteiger partial charge in [-0.05, 0) is 52.0 Å². The summed E-state index contributed by atoms with van der Waals surface area (Å²) in [6.45, 7) is 1.98. The number of fused-ring (bicyclic) bond motifs is 1. The highest BCUT2D eigenvalue weighted by molar-refractivity contribution is 9.11. The number of benzene rings is 2. The van der Waals surface area contributed by atoms with Gasteiger partial charge in [-0.1, -0.05) is 35.9 Å². The Bertz CT molecular complexity index is 803. The maximum atomic E-state index is 12.7. The van der Waals surface area contributed by atoms with E-state index in [-0.39, 0.29) is 5.78 Å². The van der Waals surface area contributed by atoms with E-state index in [1.807, 2.05) is 37.3 Å². The molecule has 0 radical (unpaired) electrons. The summed E-state index contributed by atoms with van der Waals surface area (Å²) in [6.07, 6.45) is 0. The molecule has 0 spiro atoms. The molecule has 0 amide bonds. The molecule has 1 aromatic heterocycles. The lowest BCUT2D eigenvalue weighted by Crippen LogP contribution is -1.99. The number of thiophene rings is 1. The molecule has 4 heteroatoms. The molecule has 3 rings (SSSR count). The summed E-state index contributed by atoms with van der Waals surface area (Å²) in [4.78, 5) is 13.4. The van der Waals surface area contributed by atoms with E-state index in [4.69, 9.17) is 11.6 Å². The highest BCUT2D eigenvalue weighted by atomic mass is 79.9. The van der Waals surface area contributed by atoms with Crippen molar-refractivity contribution in [1.82, 2.24) is 0 Å². The molecule has 3 aromatic rings. The Balaban J connectivity index is 2.20. The molecule has 0 unspecified atom stereocenters. The minimum Gasteiger partial charge on any atom is -0.288 e. The summed E-state index contributed by atoms with van der Waals surface area (Å²) < 4.78 is 0.999. The smallest absolute Gasteiger partial charge is 0.203 e. The van der Waals surface area contributed by atoms with Crippen LogP contribution in [0.3, 0.4) is 0 Å². The van der Waals surface area contributed by atoms with Crippen LogP contribution in [0.2, 0.25) is 5.02 Å². The van der Waals surface area contributed by atoms with E-state index < -0.39 is 0 Å². The minimum absolute atomic E-state index is 0.0386. The number of rotatable bonds is 2. The summed E-state index contributed by atoms with van der Waals surface area (Å²) in [5.41, 5.74) is 1.77. The van der Waals surface area contributed by atoms with Crippen molar-refractivity contribution in [1.29, 1.82) is 0 Å². The van der Waals surface area contributed by atoms with Gasteiger partial charge in [-0.15, -0.1) is 11.3 Å². The average Bonchev–Trinajstić information content (AvgIpc) is 2.79. The van der Waals surface area contributed by atoms with Crippen LogP contribution < -0.4 is 0 Å². The van der Waals surface area contributed by atoms with E-state index >= 15 is 0 Å². The van der Waals surface area contributed by atoms with Crippen molar-refractivity contribution in [2.45, 2.75) is 6.92 Å². The van der Waals surface area contributed by atoms with E-state index in [2.05, 4.69) is 15.9 Å². The normalized spacial score (nSPS) is 10.9. The largest absolute Gasteiger partial charge is 0.288 e. The van der Waals surface area contributed by atoms with Crippen molar-refractivity contribution in [2.24, 2.45) is 0 Å². The second kappa shape index (κ2) is 5.32. The first-order valence-electron chi connectivity index (χ1n) is 6.06. The Morgan fingerprint density at radius 2 is 1.85 bits per heavy atom. The fraction of sp³-hybridized carbons (Fsp3) is 0.0625. The standard InChI is InChI=1S/C16H10BrClOS/c1-9-8-14(20-16(9)17)15(19)12-6-7-13(18)11-5-3-2-4-10(11)12/h2-8H,1H3. The van der Waals surface area contributed by atoms with Gasteiger partial charge in [0.2, 0.25) is 5.78 Å². The van der Waals surface area contributed by atoms with Gasteiger partial charge >= 0.3 is 0 Å². The molecule has 0 bridgehead atoms. The fourth-order valence-corrected chi connectivity index (χ4v) is 3.88. The zero-order chi connectivity index (χ0) is 14.3.